The van der Waals surface area contributed by atoms with Crippen molar-refractivity contribution in [2.45, 2.75) is 13.3 Å². The fraction of sp³-hybridized carbons (Fsp3) is 0.357. The van der Waals surface area contributed by atoms with E-state index in [-0.39, 0.29) is 0 Å². The summed E-state index contributed by atoms with van der Waals surface area (Å²) >= 11 is 0. The van der Waals surface area contributed by atoms with Crippen LogP contribution >= 0.6 is 0 Å². The second-order valence-corrected chi connectivity index (χ2v) is 4.93. The lowest BCUT2D eigenvalue weighted by molar-refractivity contribution is 0.414. The van der Waals surface area contributed by atoms with Crippen LogP contribution in [0.4, 0.5) is 0 Å². The van der Waals surface area contributed by atoms with Gasteiger partial charge in [0.2, 0.25) is 0 Å². The fourth-order valence-corrected chi connectivity index (χ4v) is 2.33. The van der Waals surface area contributed by atoms with E-state index in [2.05, 4.69) is 41.2 Å². The van der Waals surface area contributed by atoms with Crippen molar-refractivity contribution in [2.24, 2.45) is 0 Å². The van der Waals surface area contributed by atoms with Crippen molar-refractivity contribution < 1.29 is 4.42 Å². The summed E-state index contributed by atoms with van der Waals surface area (Å²) in [7, 11) is 4.18. The first-order valence-corrected chi connectivity index (χ1v) is 6.16. The lowest BCUT2D eigenvalue weighted by Crippen LogP contribution is -2.14. The van der Waals surface area contributed by atoms with Gasteiger partial charge in [0.15, 0.2) is 11.5 Å². The van der Waals surface area contributed by atoms with Crippen LogP contribution in [0.3, 0.4) is 0 Å². The molecule has 0 spiro atoms. The number of oxazole rings is 1. The predicted molar refractivity (Wildman–Crippen MR) is 72.9 cm³/mol. The minimum atomic E-state index is 0.720. The summed E-state index contributed by atoms with van der Waals surface area (Å²) in [6, 6.07) is 4.03. The van der Waals surface area contributed by atoms with Crippen molar-refractivity contribution in [1.29, 1.82) is 0 Å². The summed E-state index contributed by atoms with van der Waals surface area (Å²) in [5, 5.41) is 1.20. The lowest BCUT2D eigenvalue weighted by Gasteiger charge is -2.08. The van der Waals surface area contributed by atoms with E-state index in [9.17, 15) is 0 Å². The monoisotopic (exact) mass is 243 g/mol. The van der Waals surface area contributed by atoms with Crippen LogP contribution in [0.15, 0.2) is 22.7 Å². The average molecular weight is 243 g/mol. The van der Waals surface area contributed by atoms with E-state index in [0.717, 1.165) is 35.5 Å². The number of aromatic amines is 1. The van der Waals surface area contributed by atoms with Crippen LogP contribution in [0, 0.1) is 6.92 Å². The molecule has 0 aliphatic heterocycles. The maximum atomic E-state index is 5.59. The minimum Gasteiger partial charge on any atom is -0.441 e. The molecule has 0 radical (unpaired) electrons. The van der Waals surface area contributed by atoms with Gasteiger partial charge in [-0.05, 0) is 38.2 Å². The number of H-pyrrole nitrogens is 1. The first kappa shape index (κ1) is 11.3. The van der Waals surface area contributed by atoms with Gasteiger partial charge in [-0.25, -0.2) is 4.98 Å². The van der Waals surface area contributed by atoms with Crippen LogP contribution in [0.2, 0.25) is 0 Å². The number of likely N-dealkylation sites (N-methyl/N-ethyl adjacent to an activating group) is 1. The Labute approximate surface area is 106 Å². The molecule has 0 saturated heterocycles. The first-order chi connectivity index (χ1) is 8.65. The summed E-state index contributed by atoms with van der Waals surface area (Å²) in [5.41, 5.74) is 4.27. The van der Waals surface area contributed by atoms with E-state index >= 15 is 0 Å². The Balaban J connectivity index is 2.17. The zero-order valence-corrected chi connectivity index (χ0v) is 10.9. The highest BCUT2D eigenvalue weighted by Crippen LogP contribution is 2.28. The van der Waals surface area contributed by atoms with Gasteiger partial charge in [0, 0.05) is 30.6 Å². The molecule has 0 saturated carbocycles. The van der Waals surface area contributed by atoms with Crippen LogP contribution in [-0.4, -0.2) is 35.5 Å². The van der Waals surface area contributed by atoms with Gasteiger partial charge in [0.1, 0.15) is 5.52 Å². The van der Waals surface area contributed by atoms with E-state index in [0.29, 0.717) is 0 Å². The Bertz CT molecular complexity index is 694. The van der Waals surface area contributed by atoms with Gasteiger partial charge in [0.05, 0.1) is 0 Å². The van der Waals surface area contributed by atoms with Crippen molar-refractivity contribution >= 4 is 22.0 Å². The van der Waals surface area contributed by atoms with Crippen molar-refractivity contribution in [3.8, 4) is 0 Å². The molecule has 0 aliphatic rings. The second kappa shape index (κ2) is 4.14. The maximum absolute atomic E-state index is 5.59. The zero-order chi connectivity index (χ0) is 12.7. The molecule has 0 amide bonds. The molecule has 94 valence electrons. The highest BCUT2D eigenvalue weighted by molar-refractivity contribution is 6.04. The SMILES string of the molecule is Cc1nc2c(ccc3[nH]cc(CCN(C)C)c32)o1. The summed E-state index contributed by atoms with van der Waals surface area (Å²) < 4.78 is 5.59. The number of fused-ring (bicyclic) bond motifs is 3. The molecular weight excluding hydrogens is 226 g/mol. The largest absolute Gasteiger partial charge is 0.441 e. The molecule has 1 aromatic carbocycles. The topological polar surface area (TPSA) is 45.1 Å². The second-order valence-electron chi connectivity index (χ2n) is 4.93. The standard InChI is InChI=1S/C14H17N3O/c1-9-16-14-12(18-9)5-4-11-13(14)10(8-15-11)6-7-17(2)3/h4-5,8,15H,6-7H2,1-3H3. The van der Waals surface area contributed by atoms with Gasteiger partial charge in [0.25, 0.3) is 0 Å². The Kier molecular flexibility index (Phi) is 2.59. The van der Waals surface area contributed by atoms with Crippen molar-refractivity contribution in [1.82, 2.24) is 14.9 Å². The maximum Gasteiger partial charge on any atom is 0.192 e. The van der Waals surface area contributed by atoms with Crippen molar-refractivity contribution in [3.63, 3.8) is 0 Å². The van der Waals surface area contributed by atoms with E-state index in [1.165, 1.54) is 10.9 Å². The molecule has 1 N–H and O–H groups in total. The third-order valence-corrected chi connectivity index (χ3v) is 3.22. The van der Waals surface area contributed by atoms with E-state index in [4.69, 9.17) is 4.42 Å². The molecule has 0 fully saturated rings. The normalized spacial score (nSPS) is 12.0. The number of aromatic nitrogens is 2. The molecule has 3 aromatic rings. The molecule has 2 heterocycles. The molecule has 0 unspecified atom stereocenters. The Morgan fingerprint density at radius 3 is 2.94 bits per heavy atom. The lowest BCUT2D eigenvalue weighted by atomic mass is 10.1. The summed E-state index contributed by atoms with van der Waals surface area (Å²) in [4.78, 5) is 10.0. The number of rotatable bonds is 3. The van der Waals surface area contributed by atoms with Crippen molar-refractivity contribution in [2.75, 3.05) is 20.6 Å². The average Bonchev–Trinajstić information content (AvgIpc) is 2.87. The summed E-state index contributed by atoms with van der Waals surface area (Å²) in [6.45, 7) is 2.91. The molecule has 4 heteroatoms. The highest BCUT2D eigenvalue weighted by atomic mass is 16.3. The van der Waals surface area contributed by atoms with Gasteiger partial charge in [-0.1, -0.05) is 0 Å². The number of aryl methyl sites for hydroxylation is 1. The molecule has 2 aromatic heterocycles. The summed E-state index contributed by atoms with van der Waals surface area (Å²) in [5.74, 6) is 0.720. The quantitative estimate of drug-likeness (QED) is 0.769. The van der Waals surface area contributed by atoms with Gasteiger partial charge in [-0.2, -0.15) is 0 Å². The summed E-state index contributed by atoms with van der Waals surface area (Å²) in [6.07, 6.45) is 3.09. The number of hydrogen-bond acceptors (Lipinski definition) is 3. The van der Waals surface area contributed by atoms with Gasteiger partial charge < -0.3 is 14.3 Å². The third kappa shape index (κ3) is 1.78. The Morgan fingerprint density at radius 1 is 1.33 bits per heavy atom. The van der Waals surface area contributed by atoms with E-state index < -0.39 is 0 Å². The molecule has 0 aliphatic carbocycles. The Morgan fingerprint density at radius 2 is 2.17 bits per heavy atom. The van der Waals surface area contributed by atoms with Gasteiger partial charge in [-0.15, -0.1) is 0 Å². The van der Waals surface area contributed by atoms with Gasteiger partial charge >= 0.3 is 0 Å². The number of benzene rings is 1. The van der Waals surface area contributed by atoms with E-state index in [1.807, 2.05) is 13.0 Å². The van der Waals surface area contributed by atoms with Crippen LogP contribution < -0.4 is 0 Å². The van der Waals surface area contributed by atoms with Crippen LogP contribution in [0.1, 0.15) is 11.5 Å². The van der Waals surface area contributed by atoms with E-state index in [1.54, 1.807) is 0 Å². The first-order valence-electron chi connectivity index (χ1n) is 6.16. The highest BCUT2D eigenvalue weighted by Gasteiger charge is 2.12. The zero-order valence-electron chi connectivity index (χ0n) is 10.9. The molecular formula is C14H17N3O. The Hall–Kier alpha value is -1.81. The third-order valence-electron chi connectivity index (χ3n) is 3.22. The minimum absolute atomic E-state index is 0.720. The van der Waals surface area contributed by atoms with Crippen LogP contribution in [0.5, 0.6) is 0 Å². The molecule has 18 heavy (non-hydrogen) atoms. The molecule has 3 rings (SSSR count). The number of nitrogens with zero attached hydrogens (tertiary/aromatic N) is 2. The van der Waals surface area contributed by atoms with Crippen molar-refractivity contribution in [3.05, 3.63) is 29.8 Å². The van der Waals surface area contributed by atoms with Crippen LogP contribution in [0.25, 0.3) is 22.0 Å². The predicted octanol–water partition coefficient (Wildman–Crippen LogP) is 2.72. The fourth-order valence-electron chi connectivity index (χ4n) is 2.33. The molecule has 0 bridgehead atoms. The van der Waals surface area contributed by atoms with Crippen LogP contribution in [-0.2, 0) is 6.42 Å². The number of nitrogens with one attached hydrogen (secondary N) is 1. The number of hydrogen-bond donors (Lipinski definition) is 1. The van der Waals surface area contributed by atoms with Gasteiger partial charge in [-0.3, -0.25) is 0 Å². The molecule has 4 nitrogen and oxygen atoms in total. The molecule has 0 atom stereocenters. The smallest absolute Gasteiger partial charge is 0.192 e.